The Labute approximate surface area is 110 Å². The molecule has 0 saturated carbocycles. The number of hydrogen-bond acceptors (Lipinski definition) is 4. The number of aliphatic hydroxyl groups is 1. The van der Waals surface area contributed by atoms with Crippen LogP contribution in [0.5, 0.6) is 0 Å². The predicted octanol–water partition coefficient (Wildman–Crippen LogP) is 3.19. The van der Waals surface area contributed by atoms with E-state index in [0.29, 0.717) is 5.56 Å². The van der Waals surface area contributed by atoms with Gasteiger partial charge >= 0.3 is 5.97 Å². The van der Waals surface area contributed by atoms with Gasteiger partial charge in [0.15, 0.2) is 5.69 Å². The number of carbonyl (C=O) groups is 1. The first-order valence-electron chi connectivity index (χ1n) is 6.41. The molecular weight excluding hydrogens is 230 g/mol. The Hall–Kier alpha value is -1.42. The van der Waals surface area contributed by atoms with Gasteiger partial charge < -0.3 is 9.84 Å². The van der Waals surface area contributed by atoms with Gasteiger partial charge in [-0.15, -0.1) is 0 Å². The van der Waals surface area contributed by atoms with Crippen molar-refractivity contribution in [1.82, 2.24) is 4.98 Å². The van der Waals surface area contributed by atoms with E-state index in [9.17, 15) is 4.79 Å². The highest BCUT2D eigenvalue weighted by Crippen LogP contribution is 2.07. The van der Waals surface area contributed by atoms with Crippen LogP contribution in [0.1, 0.15) is 57.6 Å². The van der Waals surface area contributed by atoms with Gasteiger partial charge in [0.25, 0.3) is 0 Å². The van der Waals surface area contributed by atoms with Crippen molar-refractivity contribution in [2.24, 2.45) is 0 Å². The number of aromatic nitrogens is 1. The van der Waals surface area contributed by atoms with Crippen molar-refractivity contribution in [1.29, 1.82) is 0 Å². The van der Waals surface area contributed by atoms with Crippen molar-refractivity contribution in [2.75, 3.05) is 0 Å². The number of pyridine rings is 1. The maximum absolute atomic E-state index is 11.4. The van der Waals surface area contributed by atoms with Crippen LogP contribution in [0.4, 0.5) is 0 Å². The zero-order valence-electron chi connectivity index (χ0n) is 12.2. The molecule has 0 saturated heterocycles. The van der Waals surface area contributed by atoms with Crippen LogP contribution in [0.15, 0.2) is 18.3 Å². The second-order valence-electron chi connectivity index (χ2n) is 3.12. The van der Waals surface area contributed by atoms with Crippen LogP contribution >= 0.6 is 0 Å². The Balaban J connectivity index is 0. The van der Waals surface area contributed by atoms with E-state index in [-0.39, 0.29) is 18.4 Å². The van der Waals surface area contributed by atoms with E-state index < -0.39 is 5.97 Å². The lowest BCUT2D eigenvalue weighted by Crippen LogP contribution is -2.15. The summed E-state index contributed by atoms with van der Waals surface area (Å²) in [7, 11) is 0. The summed E-state index contributed by atoms with van der Waals surface area (Å²) in [5, 5.41) is 8.95. The Bertz CT molecular complexity index is 325. The third-order valence-corrected chi connectivity index (χ3v) is 1.60. The Morgan fingerprint density at radius 2 is 1.89 bits per heavy atom. The van der Waals surface area contributed by atoms with E-state index in [1.54, 1.807) is 26.0 Å². The second kappa shape index (κ2) is 12.0. The normalized spacial score (nSPS) is 8.67. The van der Waals surface area contributed by atoms with E-state index in [0.717, 1.165) is 0 Å². The summed E-state index contributed by atoms with van der Waals surface area (Å²) in [4.78, 5) is 15.3. The summed E-state index contributed by atoms with van der Waals surface area (Å²) in [6.45, 7) is 11.3. The van der Waals surface area contributed by atoms with Crippen LogP contribution in [0, 0.1) is 0 Å². The van der Waals surface area contributed by atoms with Gasteiger partial charge in [-0.3, -0.25) is 0 Å². The summed E-state index contributed by atoms with van der Waals surface area (Å²) < 4.78 is 4.97. The van der Waals surface area contributed by atoms with Gasteiger partial charge in [-0.2, -0.15) is 0 Å². The molecule has 0 aliphatic heterocycles. The van der Waals surface area contributed by atoms with Gasteiger partial charge in [0.1, 0.15) is 0 Å². The lowest BCUT2D eigenvalue weighted by atomic mass is 10.2. The molecule has 0 aliphatic rings. The number of aliphatic hydroxyl groups excluding tert-OH is 1. The fraction of sp³-hybridized carbons (Fsp3) is 0.571. The molecule has 1 heterocycles. The Morgan fingerprint density at radius 1 is 1.33 bits per heavy atom. The van der Waals surface area contributed by atoms with Crippen LogP contribution < -0.4 is 0 Å². The van der Waals surface area contributed by atoms with E-state index in [1.165, 1.54) is 6.20 Å². The number of carbonyl (C=O) groups excluding carboxylic acids is 1. The largest absolute Gasteiger partial charge is 0.458 e. The smallest absolute Gasteiger partial charge is 0.357 e. The molecule has 1 aromatic rings. The molecule has 0 fully saturated rings. The van der Waals surface area contributed by atoms with Crippen molar-refractivity contribution in [3.8, 4) is 0 Å². The van der Waals surface area contributed by atoms with Gasteiger partial charge in [0, 0.05) is 11.8 Å². The predicted molar refractivity (Wildman–Crippen MR) is 73.4 cm³/mol. The number of ether oxygens (including phenoxy) is 1. The second-order valence-corrected chi connectivity index (χ2v) is 3.12. The average molecular weight is 255 g/mol. The number of hydrogen-bond donors (Lipinski definition) is 1. The van der Waals surface area contributed by atoms with Crippen LogP contribution in [0.2, 0.25) is 0 Å². The summed E-state index contributed by atoms with van der Waals surface area (Å²) in [6.07, 6.45) is 1.31. The van der Waals surface area contributed by atoms with E-state index in [2.05, 4.69) is 4.98 Å². The van der Waals surface area contributed by atoms with E-state index in [1.807, 2.05) is 27.7 Å². The molecule has 0 radical (unpaired) electrons. The summed E-state index contributed by atoms with van der Waals surface area (Å²) in [5.41, 5.74) is 0.668. The fourth-order valence-electron chi connectivity index (χ4n) is 1.02. The lowest BCUT2D eigenvalue weighted by molar-refractivity contribution is 0.0367. The zero-order chi connectivity index (χ0) is 14.6. The first-order chi connectivity index (χ1) is 8.65. The molecule has 0 aliphatic carbocycles. The third-order valence-electron chi connectivity index (χ3n) is 1.60. The van der Waals surface area contributed by atoms with Crippen molar-refractivity contribution in [3.05, 3.63) is 29.6 Å². The van der Waals surface area contributed by atoms with Crippen molar-refractivity contribution < 1.29 is 14.6 Å². The van der Waals surface area contributed by atoms with Crippen LogP contribution in [-0.4, -0.2) is 22.2 Å². The molecule has 1 aromatic heterocycles. The molecule has 0 bridgehead atoms. The molecule has 4 heteroatoms. The van der Waals surface area contributed by atoms with Crippen molar-refractivity contribution in [2.45, 2.75) is 54.3 Å². The fourth-order valence-corrected chi connectivity index (χ4v) is 1.02. The van der Waals surface area contributed by atoms with Gasteiger partial charge in [-0.05, 0) is 19.9 Å². The van der Waals surface area contributed by atoms with Crippen LogP contribution in [0.25, 0.3) is 0 Å². The lowest BCUT2D eigenvalue weighted by Gasteiger charge is -2.09. The molecule has 4 nitrogen and oxygen atoms in total. The summed E-state index contributed by atoms with van der Waals surface area (Å²) >= 11 is 0. The first kappa shape index (κ1) is 18.9. The number of rotatable bonds is 3. The van der Waals surface area contributed by atoms with E-state index in [4.69, 9.17) is 9.84 Å². The monoisotopic (exact) mass is 255 g/mol. The van der Waals surface area contributed by atoms with E-state index >= 15 is 0 Å². The highest BCUT2D eigenvalue weighted by atomic mass is 16.5. The Kier molecular flexibility index (Phi) is 12.7. The molecule has 0 atom stereocenters. The number of esters is 1. The van der Waals surface area contributed by atoms with Crippen molar-refractivity contribution >= 4 is 5.97 Å². The van der Waals surface area contributed by atoms with Gasteiger partial charge in [-0.25, -0.2) is 9.78 Å². The van der Waals surface area contributed by atoms with Crippen LogP contribution in [-0.2, 0) is 11.3 Å². The molecule has 104 valence electrons. The topological polar surface area (TPSA) is 59.4 Å². The molecule has 0 amide bonds. The zero-order valence-corrected chi connectivity index (χ0v) is 12.2. The molecule has 0 unspecified atom stereocenters. The molecular formula is C14H25NO3. The number of nitrogens with zero attached hydrogens (tertiary/aromatic N) is 1. The minimum Gasteiger partial charge on any atom is -0.458 e. The highest BCUT2D eigenvalue weighted by Gasteiger charge is 2.14. The summed E-state index contributed by atoms with van der Waals surface area (Å²) in [6, 6.07) is 3.31. The highest BCUT2D eigenvalue weighted by molar-refractivity contribution is 5.88. The Morgan fingerprint density at radius 3 is 2.33 bits per heavy atom. The summed E-state index contributed by atoms with van der Waals surface area (Å²) in [5.74, 6) is -0.496. The standard InChI is InChI=1S/C10H13NO3.2C2H6/c1-7(2)14-10(13)9-8(6-12)4-3-5-11-9;2*1-2/h3-5,7,12H,6H2,1-2H3;2*1-2H3. The van der Waals surface area contributed by atoms with Crippen molar-refractivity contribution in [3.63, 3.8) is 0 Å². The first-order valence-corrected chi connectivity index (χ1v) is 6.41. The molecule has 0 spiro atoms. The molecule has 18 heavy (non-hydrogen) atoms. The maximum atomic E-state index is 11.4. The minimum absolute atomic E-state index is 0.184. The van der Waals surface area contributed by atoms with Gasteiger partial charge in [-0.1, -0.05) is 33.8 Å². The quantitative estimate of drug-likeness (QED) is 0.843. The maximum Gasteiger partial charge on any atom is 0.357 e. The van der Waals surface area contributed by atoms with Gasteiger partial charge in [0.05, 0.1) is 12.7 Å². The van der Waals surface area contributed by atoms with Gasteiger partial charge in [0.2, 0.25) is 0 Å². The molecule has 1 N–H and O–H groups in total. The molecule has 0 aromatic carbocycles. The SMILES string of the molecule is CC.CC.CC(C)OC(=O)c1ncccc1CO. The van der Waals surface area contributed by atoms with Crippen LogP contribution in [0.3, 0.4) is 0 Å². The third kappa shape index (κ3) is 7.01. The minimum atomic E-state index is -0.496. The molecule has 1 rings (SSSR count). The average Bonchev–Trinajstić information content (AvgIpc) is 2.42.